The Morgan fingerprint density at radius 2 is 1.94 bits per heavy atom. The molecule has 0 aromatic heterocycles. The molecule has 1 aromatic rings. The van der Waals surface area contributed by atoms with Gasteiger partial charge in [0, 0.05) is 29.7 Å². The summed E-state index contributed by atoms with van der Waals surface area (Å²) in [5.74, 6) is 0.179. The average Bonchev–Trinajstić information content (AvgIpc) is 2.41. The third-order valence-electron chi connectivity index (χ3n) is 3.53. The molecule has 4 heteroatoms. The minimum atomic E-state index is 0.179. The van der Waals surface area contributed by atoms with E-state index in [4.69, 9.17) is 0 Å². The van der Waals surface area contributed by atoms with Gasteiger partial charge in [0.25, 0.3) is 5.91 Å². The topological polar surface area (TPSA) is 23.6 Å². The standard InChI is InChI=1S/C14H19IN2O/c1-3-16-7-9-17(10-8-16)14(18)12-6-4-5-11(2)13(12)15/h4-6H,3,7-10H2,1-2H3. The fourth-order valence-electron chi connectivity index (χ4n) is 2.25. The lowest BCUT2D eigenvalue weighted by molar-refractivity contribution is 0.0642. The number of hydrogen-bond donors (Lipinski definition) is 0. The average molecular weight is 358 g/mol. The molecule has 1 saturated heterocycles. The third-order valence-corrected chi connectivity index (χ3v) is 4.96. The van der Waals surface area contributed by atoms with Gasteiger partial charge in [-0.15, -0.1) is 0 Å². The van der Waals surface area contributed by atoms with Crippen LogP contribution < -0.4 is 0 Å². The van der Waals surface area contributed by atoms with Gasteiger partial charge in [-0.3, -0.25) is 4.79 Å². The second-order valence-corrected chi connectivity index (χ2v) is 5.74. The molecular formula is C14H19IN2O. The van der Waals surface area contributed by atoms with Crippen molar-refractivity contribution >= 4 is 28.5 Å². The van der Waals surface area contributed by atoms with E-state index in [0.717, 1.165) is 41.9 Å². The fourth-order valence-corrected chi connectivity index (χ4v) is 2.84. The van der Waals surface area contributed by atoms with Crippen molar-refractivity contribution in [1.29, 1.82) is 0 Å². The highest BCUT2D eigenvalue weighted by molar-refractivity contribution is 14.1. The Kier molecular flexibility index (Phi) is 4.61. The van der Waals surface area contributed by atoms with E-state index in [1.54, 1.807) is 0 Å². The van der Waals surface area contributed by atoms with Crippen LogP contribution in [0.3, 0.4) is 0 Å². The molecule has 3 nitrogen and oxygen atoms in total. The lowest BCUT2D eigenvalue weighted by Crippen LogP contribution is -2.48. The van der Waals surface area contributed by atoms with Crippen molar-refractivity contribution in [2.75, 3.05) is 32.7 Å². The Morgan fingerprint density at radius 3 is 2.56 bits per heavy atom. The molecule has 2 rings (SSSR count). The first-order valence-electron chi connectivity index (χ1n) is 6.40. The first kappa shape index (κ1) is 13.8. The van der Waals surface area contributed by atoms with Gasteiger partial charge < -0.3 is 9.80 Å². The second kappa shape index (κ2) is 6.02. The molecule has 0 unspecified atom stereocenters. The Balaban J connectivity index is 2.10. The first-order chi connectivity index (χ1) is 8.63. The van der Waals surface area contributed by atoms with Gasteiger partial charge in [-0.05, 0) is 47.7 Å². The van der Waals surface area contributed by atoms with E-state index in [1.165, 1.54) is 5.56 Å². The van der Waals surface area contributed by atoms with Gasteiger partial charge in [-0.25, -0.2) is 0 Å². The maximum absolute atomic E-state index is 12.5. The van der Waals surface area contributed by atoms with Crippen molar-refractivity contribution in [2.45, 2.75) is 13.8 Å². The smallest absolute Gasteiger partial charge is 0.255 e. The highest BCUT2D eigenvalue weighted by Gasteiger charge is 2.22. The van der Waals surface area contributed by atoms with E-state index >= 15 is 0 Å². The van der Waals surface area contributed by atoms with Crippen LogP contribution in [0.4, 0.5) is 0 Å². The van der Waals surface area contributed by atoms with E-state index in [1.807, 2.05) is 30.0 Å². The number of hydrogen-bond acceptors (Lipinski definition) is 2. The molecule has 18 heavy (non-hydrogen) atoms. The van der Waals surface area contributed by atoms with E-state index in [-0.39, 0.29) is 5.91 Å². The zero-order valence-electron chi connectivity index (χ0n) is 10.9. The van der Waals surface area contributed by atoms with Crippen LogP contribution in [0.5, 0.6) is 0 Å². The van der Waals surface area contributed by atoms with E-state index in [0.29, 0.717) is 0 Å². The van der Waals surface area contributed by atoms with Crippen LogP contribution >= 0.6 is 22.6 Å². The molecular weight excluding hydrogens is 339 g/mol. The van der Waals surface area contributed by atoms with E-state index < -0.39 is 0 Å². The van der Waals surface area contributed by atoms with E-state index in [9.17, 15) is 4.79 Å². The van der Waals surface area contributed by atoms with Crippen LogP contribution in [0.15, 0.2) is 18.2 Å². The third kappa shape index (κ3) is 2.85. The number of piperazine rings is 1. The molecule has 1 amide bonds. The van der Waals surface area contributed by atoms with Gasteiger partial charge in [0.2, 0.25) is 0 Å². The zero-order chi connectivity index (χ0) is 13.1. The van der Waals surface area contributed by atoms with Gasteiger partial charge >= 0.3 is 0 Å². The number of rotatable bonds is 2. The van der Waals surface area contributed by atoms with Crippen molar-refractivity contribution in [1.82, 2.24) is 9.80 Å². The summed E-state index contributed by atoms with van der Waals surface area (Å²) in [7, 11) is 0. The number of carbonyl (C=O) groups excluding carboxylic acids is 1. The number of halogens is 1. The van der Waals surface area contributed by atoms with Crippen molar-refractivity contribution in [3.05, 3.63) is 32.9 Å². The van der Waals surface area contributed by atoms with Crippen LogP contribution in [0.25, 0.3) is 0 Å². The lowest BCUT2D eigenvalue weighted by atomic mass is 10.1. The largest absolute Gasteiger partial charge is 0.336 e. The van der Waals surface area contributed by atoms with Gasteiger partial charge in [-0.2, -0.15) is 0 Å². The molecule has 1 aromatic carbocycles. The predicted octanol–water partition coefficient (Wildman–Crippen LogP) is 2.38. The number of benzene rings is 1. The molecule has 0 saturated carbocycles. The van der Waals surface area contributed by atoms with Crippen LogP contribution in [0, 0.1) is 10.5 Å². The minimum Gasteiger partial charge on any atom is -0.336 e. The normalized spacial score (nSPS) is 16.9. The van der Waals surface area contributed by atoms with E-state index in [2.05, 4.69) is 34.4 Å². The highest BCUT2D eigenvalue weighted by Crippen LogP contribution is 2.19. The highest BCUT2D eigenvalue weighted by atomic mass is 127. The molecule has 0 spiro atoms. The summed E-state index contributed by atoms with van der Waals surface area (Å²) in [6, 6.07) is 5.95. The van der Waals surface area contributed by atoms with Crippen molar-refractivity contribution in [3.63, 3.8) is 0 Å². The molecule has 0 radical (unpaired) electrons. The number of likely N-dealkylation sites (N-methyl/N-ethyl adjacent to an activating group) is 1. The predicted molar refractivity (Wildman–Crippen MR) is 81.9 cm³/mol. The SMILES string of the molecule is CCN1CCN(C(=O)c2cccc(C)c2I)CC1. The van der Waals surface area contributed by atoms with Crippen LogP contribution in [0.1, 0.15) is 22.8 Å². The van der Waals surface area contributed by atoms with Crippen molar-refractivity contribution in [3.8, 4) is 0 Å². The Hall–Kier alpha value is -0.620. The van der Waals surface area contributed by atoms with Crippen LogP contribution in [-0.4, -0.2) is 48.4 Å². The Labute approximate surface area is 122 Å². The number of carbonyl (C=O) groups is 1. The van der Waals surface area contributed by atoms with Crippen molar-refractivity contribution in [2.24, 2.45) is 0 Å². The Morgan fingerprint density at radius 1 is 1.28 bits per heavy atom. The maximum atomic E-state index is 12.5. The van der Waals surface area contributed by atoms with Crippen LogP contribution in [-0.2, 0) is 0 Å². The molecule has 1 aliphatic rings. The summed E-state index contributed by atoms with van der Waals surface area (Å²) < 4.78 is 1.08. The molecule has 0 N–H and O–H groups in total. The number of amides is 1. The maximum Gasteiger partial charge on any atom is 0.255 e. The first-order valence-corrected chi connectivity index (χ1v) is 7.48. The zero-order valence-corrected chi connectivity index (χ0v) is 13.1. The molecule has 1 fully saturated rings. The summed E-state index contributed by atoms with van der Waals surface area (Å²) in [6.45, 7) is 8.96. The van der Waals surface area contributed by atoms with Gasteiger partial charge in [0.15, 0.2) is 0 Å². The van der Waals surface area contributed by atoms with Gasteiger partial charge in [0.05, 0.1) is 5.56 Å². The summed E-state index contributed by atoms with van der Waals surface area (Å²) in [5, 5.41) is 0. The van der Waals surface area contributed by atoms with Gasteiger partial charge in [0.1, 0.15) is 0 Å². The summed E-state index contributed by atoms with van der Waals surface area (Å²) >= 11 is 2.27. The molecule has 1 aliphatic heterocycles. The number of nitrogens with zero attached hydrogens (tertiary/aromatic N) is 2. The monoisotopic (exact) mass is 358 g/mol. The quantitative estimate of drug-likeness (QED) is 0.758. The summed E-state index contributed by atoms with van der Waals surface area (Å²) in [6.07, 6.45) is 0. The summed E-state index contributed by atoms with van der Waals surface area (Å²) in [4.78, 5) is 16.8. The van der Waals surface area contributed by atoms with Crippen molar-refractivity contribution < 1.29 is 4.79 Å². The second-order valence-electron chi connectivity index (χ2n) is 4.66. The molecule has 1 heterocycles. The summed E-state index contributed by atoms with van der Waals surface area (Å²) in [5.41, 5.74) is 2.02. The van der Waals surface area contributed by atoms with Crippen LogP contribution in [0.2, 0.25) is 0 Å². The minimum absolute atomic E-state index is 0.179. The Bertz CT molecular complexity index is 439. The molecule has 98 valence electrons. The molecule has 0 bridgehead atoms. The number of aryl methyl sites for hydroxylation is 1. The molecule has 0 aliphatic carbocycles. The van der Waals surface area contributed by atoms with Gasteiger partial charge in [-0.1, -0.05) is 19.1 Å². The fraction of sp³-hybridized carbons (Fsp3) is 0.500. The molecule has 0 atom stereocenters. The lowest BCUT2D eigenvalue weighted by Gasteiger charge is -2.34.